The Bertz CT molecular complexity index is 836. The standard InChI is InChI=1S/C17H12Cl2N4O/c1-23(17-11(8-20)3-2-4-12(17)9-21)10-16(24)22-13-5-6-14(18)15(19)7-13/h2-7H,10H2,1H3,(H,22,24). The number of nitrogens with zero attached hydrogens (tertiary/aromatic N) is 3. The Labute approximate surface area is 149 Å². The lowest BCUT2D eigenvalue weighted by Crippen LogP contribution is -2.31. The van der Waals surface area contributed by atoms with Crippen LogP contribution in [0.15, 0.2) is 36.4 Å². The first-order valence-corrected chi connectivity index (χ1v) is 7.61. The summed E-state index contributed by atoms with van der Waals surface area (Å²) in [5.41, 5.74) is 1.60. The number of nitriles is 2. The fourth-order valence-corrected chi connectivity index (χ4v) is 2.50. The molecule has 0 aliphatic rings. The number of carbonyl (C=O) groups excluding carboxylic acids is 1. The van der Waals surface area contributed by atoms with Gasteiger partial charge in [0, 0.05) is 12.7 Å². The third-order valence-corrected chi connectivity index (χ3v) is 3.98. The molecule has 0 heterocycles. The first-order valence-electron chi connectivity index (χ1n) is 6.85. The van der Waals surface area contributed by atoms with E-state index in [1.54, 1.807) is 48.3 Å². The SMILES string of the molecule is CN(CC(=O)Nc1ccc(Cl)c(Cl)c1)c1c(C#N)cccc1C#N. The van der Waals surface area contributed by atoms with Crippen molar-refractivity contribution in [2.75, 3.05) is 23.8 Å². The minimum Gasteiger partial charge on any atom is -0.363 e. The van der Waals surface area contributed by atoms with Crippen molar-refractivity contribution in [2.45, 2.75) is 0 Å². The molecule has 0 fully saturated rings. The molecule has 2 aromatic carbocycles. The highest BCUT2D eigenvalue weighted by Crippen LogP contribution is 2.26. The van der Waals surface area contributed by atoms with Crippen molar-refractivity contribution in [1.29, 1.82) is 10.5 Å². The summed E-state index contributed by atoms with van der Waals surface area (Å²) in [5.74, 6) is -0.312. The molecule has 0 aliphatic heterocycles. The molecule has 0 saturated heterocycles. The van der Waals surface area contributed by atoms with Gasteiger partial charge in [-0.05, 0) is 30.3 Å². The van der Waals surface area contributed by atoms with Crippen LogP contribution in [0, 0.1) is 22.7 Å². The average molecular weight is 359 g/mol. The third kappa shape index (κ3) is 3.97. The Morgan fingerprint density at radius 2 is 1.75 bits per heavy atom. The quantitative estimate of drug-likeness (QED) is 0.900. The zero-order valence-corrected chi connectivity index (χ0v) is 14.2. The maximum atomic E-state index is 12.2. The lowest BCUT2D eigenvalue weighted by molar-refractivity contribution is -0.114. The van der Waals surface area contributed by atoms with E-state index < -0.39 is 0 Å². The largest absolute Gasteiger partial charge is 0.363 e. The number of benzene rings is 2. The molecule has 1 N–H and O–H groups in total. The lowest BCUT2D eigenvalue weighted by atomic mass is 10.1. The average Bonchev–Trinajstić information content (AvgIpc) is 2.57. The van der Waals surface area contributed by atoms with Crippen LogP contribution in [-0.4, -0.2) is 19.5 Å². The number of para-hydroxylation sites is 1. The number of halogens is 2. The van der Waals surface area contributed by atoms with E-state index in [0.29, 0.717) is 32.5 Å². The molecule has 0 aliphatic carbocycles. The van der Waals surface area contributed by atoms with Crippen molar-refractivity contribution in [3.8, 4) is 12.1 Å². The Morgan fingerprint density at radius 1 is 1.12 bits per heavy atom. The number of carbonyl (C=O) groups is 1. The summed E-state index contributed by atoms with van der Waals surface area (Å²) in [4.78, 5) is 13.8. The molecule has 1 amide bonds. The first kappa shape index (κ1) is 17.6. The molecule has 0 radical (unpaired) electrons. The second-order valence-corrected chi connectivity index (χ2v) is 5.77. The number of anilines is 2. The van der Waals surface area contributed by atoms with E-state index in [1.807, 2.05) is 12.1 Å². The van der Waals surface area contributed by atoms with Gasteiger partial charge in [0.15, 0.2) is 0 Å². The van der Waals surface area contributed by atoms with Crippen LogP contribution < -0.4 is 10.2 Å². The lowest BCUT2D eigenvalue weighted by Gasteiger charge is -2.21. The van der Waals surface area contributed by atoms with Gasteiger partial charge in [-0.25, -0.2) is 0 Å². The van der Waals surface area contributed by atoms with Gasteiger partial charge in [0.2, 0.25) is 5.91 Å². The van der Waals surface area contributed by atoms with Gasteiger partial charge in [-0.3, -0.25) is 4.79 Å². The molecule has 0 saturated carbocycles. The van der Waals surface area contributed by atoms with Crippen LogP contribution in [0.1, 0.15) is 11.1 Å². The highest BCUT2D eigenvalue weighted by atomic mass is 35.5. The van der Waals surface area contributed by atoms with Gasteiger partial charge in [0.25, 0.3) is 0 Å². The van der Waals surface area contributed by atoms with Gasteiger partial charge in [0.05, 0.1) is 33.4 Å². The fourth-order valence-electron chi connectivity index (χ4n) is 2.20. The predicted molar refractivity (Wildman–Crippen MR) is 94.2 cm³/mol. The molecule has 0 atom stereocenters. The molecule has 2 rings (SSSR count). The van der Waals surface area contributed by atoms with Crippen LogP contribution >= 0.6 is 23.2 Å². The maximum absolute atomic E-state index is 12.2. The van der Waals surface area contributed by atoms with Gasteiger partial charge in [-0.15, -0.1) is 0 Å². The van der Waals surface area contributed by atoms with Crippen LogP contribution in [0.25, 0.3) is 0 Å². The Hall–Kier alpha value is -2.73. The summed E-state index contributed by atoms with van der Waals surface area (Å²) >= 11 is 11.7. The number of nitrogens with one attached hydrogen (secondary N) is 1. The van der Waals surface area contributed by atoms with E-state index in [0.717, 1.165) is 0 Å². The van der Waals surface area contributed by atoms with Gasteiger partial charge in [0.1, 0.15) is 12.1 Å². The van der Waals surface area contributed by atoms with Crippen molar-refractivity contribution in [3.05, 3.63) is 57.6 Å². The second-order valence-electron chi connectivity index (χ2n) is 4.96. The molecule has 2 aromatic rings. The number of hydrogen-bond acceptors (Lipinski definition) is 4. The minimum atomic E-state index is -0.312. The highest BCUT2D eigenvalue weighted by Gasteiger charge is 2.15. The smallest absolute Gasteiger partial charge is 0.243 e. The van der Waals surface area contributed by atoms with Crippen LogP contribution in [0.3, 0.4) is 0 Å². The molecule has 0 spiro atoms. The molecule has 5 nitrogen and oxygen atoms in total. The monoisotopic (exact) mass is 358 g/mol. The molecule has 120 valence electrons. The number of rotatable bonds is 4. The first-order chi connectivity index (χ1) is 11.5. The zero-order chi connectivity index (χ0) is 17.7. The summed E-state index contributed by atoms with van der Waals surface area (Å²) in [5, 5.41) is 21.8. The normalized spacial score (nSPS) is 9.71. The van der Waals surface area contributed by atoms with Gasteiger partial charge >= 0.3 is 0 Å². The maximum Gasteiger partial charge on any atom is 0.243 e. The van der Waals surface area contributed by atoms with Crippen molar-refractivity contribution in [2.24, 2.45) is 0 Å². The Balaban J connectivity index is 2.16. The number of amides is 1. The number of likely N-dealkylation sites (N-methyl/N-ethyl adjacent to an activating group) is 1. The molecule has 7 heteroatoms. The summed E-state index contributed by atoms with van der Waals surface area (Å²) in [6.45, 7) is -0.0341. The van der Waals surface area contributed by atoms with Crippen molar-refractivity contribution in [1.82, 2.24) is 0 Å². The van der Waals surface area contributed by atoms with Crippen molar-refractivity contribution < 1.29 is 4.79 Å². The highest BCUT2D eigenvalue weighted by molar-refractivity contribution is 6.42. The fraction of sp³-hybridized carbons (Fsp3) is 0.118. The van der Waals surface area contributed by atoms with E-state index in [9.17, 15) is 15.3 Å². The molecule has 0 aromatic heterocycles. The molecular weight excluding hydrogens is 347 g/mol. The second kappa shape index (κ2) is 7.70. The van der Waals surface area contributed by atoms with Crippen LogP contribution in [-0.2, 0) is 4.79 Å². The molecule has 0 unspecified atom stereocenters. The van der Waals surface area contributed by atoms with Gasteiger partial charge in [-0.2, -0.15) is 10.5 Å². The molecular formula is C17H12Cl2N4O. The van der Waals surface area contributed by atoms with Gasteiger partial charge < -0.3 is 10.2 Å². The van der Waals surface area contributed by atoms with E-state index in [1.165, 1.54) is 0 Å². The van der Waals surface area contributed by atoms with Crippen molar-refractivity contribution in [3.63, 3.8) is 0 Å². The summed E-state index contributed by atoms with van der Waals surface area (Å²) < 4.78 is 0. The number of hydrogen-bond donors (Lipinski definition) is 1. The molecule has 24 heavy (non-hydrogen) atoms. The van der Waals surface area contributed by atoms with Crippen molar-refractivity contribution >= 4 is 40.5 Å². The van der Waals surface area contributed by atoms with E-state index >= 15 is 0 Å². The van der Waals surface area contributed by atoms with Gasteiger partial charge in [-0.1, -0.05) is 29.3 Å². The predicted octanol–water partition coefficient (Wildman–Crippen LogP) is 3.81. The summed E-state index contributed by atoms with van der Waals surface area (Å²) in [7, 11) is 1.64. The molecule has 0 bridgehead atoms. The van der Waals surface area contributed by atoms with E-state index in [4.69, 9.17) is 23.2 Å². The zero-order valence-electron chi connectivity index (χ0n) is 12.7. The Morgan fingerprint density at radius 3 is 2.29 bits per heavy atom. The van der Waals surface area contributed by atoms with E-state index in [2.05, 4.69) is 5.32 Å². The van der Waals surface area contributed by atoms with Crippen LogP contribution in [0.2, 0.25) is 10.0 Å². The summed E-state index contributed by atoms with van der Waals surface area (Å²) in [6.07, 6.45) is 0. The van der Waals surface area contributed by atoms with Crippen LogP contribution in [0.5, 0.6) is 0 Å². The third-order valence-electron chi connectivity index (χ3n) is 3.24. The summed E-state index contributed by atoms with van der Waals surface area (Å²) in [6, 6.07) is 13.7. The Kier molecular flexibility index (Phi) is 5.65. The van der Waals surface area contributed by atoms with E-state index in [-0.39, 0.29) is 12.5 Å². The van der Waals surface area contributed by atoms with Crippen LogP contribution in [0.4, 0.5) is 11.4 Å². The minimum absolute atomic E-state index is 0.0341. The topological polar surface area (TPSA) is 79.9 Å².